The standard InChI is InChI=1S/C35H45FO5/c1-4-6-7-8-9-10-11-14-23-40-29-19-17-27(18-20-29)28-21-22-35(34(38)39,32(36)24-28)31-16-13-12-15-30(31)33(37)41-25-26(3)5-2/h12-13,15-22,24,26,28H,4-11,14,23,25H2,1-3H3,(H,38,39)/t26-,28?,35?/m0/s1. The number of unbranched alkanes of at least 4 members (excludes halogenated alkanes) is 7. The zero-order valence-electron chi connectivity index (χ0n) is 24.7. The Bertz CT molecular complexity index is 1190. The molecule has 1 aliphatic rings. The minimum Gasteiger partial charge on any atom is -0.494 e. The van der Waals surface area contributed by atoms with E-state index < -0.39 is 29.1 Å². The lowest BCUT2D eigenvalue weighted by atomic mass is 9.72. The molecule has 0 fully saturated rings. The second kappa shape index (κ2) is 16.1. The highest BCUT2D eigenvalue weighted by Gasteiger charge is 2.47. The van der Waals surface area contributed by atoms with E-state index in [1.165, 1.54) is 62.8 Å². The van der Waals surface area contributed by atoms with Gasteiger partial charge in [-0.1, -0.05) is 115 Å². The maximum Gasteiger partial charge on any atom is 0.338 e. The third kappa shape index (κ3) is 8.54. The number of hydrogen-bond donors (Lipinski definition) is 1. The number of carbonyl (C=O) groups is 2. The van der Waals surface area contributed by atoms with E-state index in [1.807, 2.05) is 38.1 Å². The number of carboxylic acids is 1. The number of allylic oxidation sites excluding steroid dienone is 2. The number of esters is 1. The summed E-state index contributed by atoms with van der Waals surface area (Å²) in [6.45, 7) is 7.05. The summed E-state index contributed by atoms with van der Waals surface area (Å²) >= 11 is 0. The van der Waals surface area contributed by atoms with Crippen molar-refractivity contribution < 1.29 is 28.6 Å². The van der Waals surface area contributed by atoms with Crippen molar-refractivity contribution in [2.75, 3.05) is 13.2 Å². The van der Waals surface area contributed by atoms with Crippen LogP contribution in [-0.4, -0.2) is 30.3 Å². The molecule has 0 radical (unpaired) electrons. The molecule has 6 heteroatoms. The van der Waals surface area contributed by atoms with Gasteiger partial charge >= 0.3 is 11.9 Å². The molecule has 3 rings (SSSR count). The van der Waals surface area contributed by atoms with Crippen LogP contribution in [-0.2, 0) is 14.9 Å². The summed E-state index contributed by atoms with van der Waals surface area (Å²) in [5.74, 6) is -2.43. The molecule has 5 nitrogen and oxygen atoms in total. The summed E-state index contributed by atoms with van der Waals surface area (Å²) in [4.78, 5) is 25.5. The monoisotopic (exact) mass is 564 g/mol. The molecule has 0 spiro atoms. The van der Waals surface area contributed by atoms with Gasteiger partial charge in [-0.25, -0.2) is 9.18 Å². The van der Waals surface area contributed by atoms with Gasteiger partial charge in [-0.05, 0) is 47.7 Å². The Morgan fingerprint density at radius 1 is 0.951 bits per heavy atom. The highest BCUT2D eigenvalue weighted by molar-refractivity contribution is 5.97. The van der Waals surface area contributed by atoms with Gasteiger partial charge in [-0.3, -0.25) is 4.79 Å². The molecule has 3 atom stereocenters. The van der Waals surface area contributed by atoms with Gasteiger partial charge in [0.15, 0.2) is 5.41 Å². The van der Waals surface area contributed by atoms with Crippen molar-refractivity contribution in [1.82, 2.24) is 0 Å². The van der Waals surface area contributed by atoms with Crippen LogP contribution in [0.4, 0.5) is 4.39 Å². The Hall–Kier alpha value is -3.41. The number of halogens is 1. The summed E-state index contributed by atoms with van der Waals surface area (Å²) in [6, 6.07) is 13.6. The number of benzene rings is 2. The molecule has 0 saturated carbocycles. The van der Waals surface area contributed by atoms with Crippen LogP contribution < -0.4 is 4.74 Å². The minimum absolute atomic E-state index is 0.0443. The van der Waals surface area contributed by atoms with E-state index in [-0.39, 0.29) is 23.7 Å². The van der Waals surface area contributed by atoms with E-state index in [1.54, 1.807) is 18.2 Å². The van der Waals surface area contributed by atoms with Gasteiger partial charge in [0.05, 0.1) is 18.8 Å². The van der Waals surface area contributed by atoms with Gasteiger partial charge < -0.3 is 14.6 Å². The van der Waals surface area contributed by atoms with Crippen LogP contribution in [0.3, 0.4) is 0 Å². The van der Waals surface area contributed by atoms with Gasteiger partial charge in [0.2, 0.25) is 0 Å². The van der Waals surface area contributed by atoms with Crippen molar-refractivity contribution in [3.05, 3.63) is 89.3 Å². The predicted octanol–water partition coefficient (Wildman–Crippen LogP) is 8.94. The highest BCUT2D eigenvalue weighted by Crippen LogP contribution is 2.43. The van der Waals surface area contributed by atoms with Gasteiger partial charge in [-0.2, -0.15) is 0 Å². The highest BCUT2D eigenvalue weighted by atomic mass is 19.1. The quantitative estimate of drug-likeness (QED) is 0.118. The smallest absolute Gasteiger partial charge is 0.338 e. The molecule has 0 saturated heterocycles. The Labute approximate surface area is 244 Å². The number of rotatable bonds is 17. The normalized spacial score (nSPS) is 18.9. The molecule has 0 aromatic heterocycles. The average molecular weight is 565 g/mol. The van der Waals surface area contributed by atoms with Gasteiger partial charge in [0.25, 0.3) is 0 Å². The van der Waals surface area contributed by atoms with Crippen LogP contribution >= 0.6 is 0 Å². The topological polar surface area (TPSA) is 72.8 Å². The predicted molar refractivity (Wildman–Crippen MR) is 161 cm³/mol. The zero-order chi connectivity index (χ0) is 29.7. The van der Waals surface area contributed by atoms with Crippen molar-refractivity contribution in [3.8, 4) is 5.75 Å². The lowest BCUT2D eigenvalue weighted by Gasteiger charge is -2.31. The van der Waals surface area contributed by atoms with Crippen LogP contribution in [0.5, 0.6) is 5.75 Å². The minimum atomic E-state index is -2.11. The van der Waals surface area contributed by atoms with Crippen molar-refractivity contribution in [3.63, 3.8) is 0 Å². The van der Waals surface area contributed by atoms with Gasteiger partial charge in [-0.15, -0.1) is 0 Å². The fourth-order valence-electron chi connectivity index (χ4n) is 5.02. The van der Waals surface area contributed by atoms with E-state index in [0.29, 0.717) is 6.61 Å². The molecule has 222 valence electrons. The third-order valence-corrected chi connectivity index (χ3v) is 7.89. The fraction of sp³-hybridized carbons (Fsp3) is 0.486. The number of ether oxygens (including phenoxy) is 2. The van der Waals surface area contributed by atoms with E-state index in [9.17, 15) is 14.7 Å². The summed E-state index contributed by atoms with van der Waals surface area (Å²) in [5.41, 5.74) is -1.20. The lowest BCUT2D eigenvalue weighted by Crippen LogP contribution is -2.38. The first-order valence-corrected chi connectivity index (χ1v) is 15.1. The van der Waals surface area contributed by atoms with Crippen molar-refractivity contribution in [1.29, 1.82) is 0 Å². The third-order valence-electron chi connectivity index (χ3n) is 7.89. The summed E-state index contributed by atoms with van der Waals surface area (Å²) in [7, 11) is 0. The van der Waals surface area contributed by atoms with Gasteiger partial charge in [0, 0.05) is 5.92 Å². The average Bonchev–Trinajstić information content (AvgIpc) is 2.99. The Kier molecular flexibility index (Phi) is 12.6. The Morgan fingerprint density at radius 3 is 2.24 bits per heavy atom. The second-order valence-corrected chi connectivity index (χ2v) is 11.1. The lowest BCUT2D eigenvalue weighted by molar-refractivity contribution is -0.141. The number of carboxylic acid groups (broad SMARTS) is 1. The first-order chi connectivity index (χ1) is 19.8. The van der Waals surface area contributed by atoms with Crippen LogP contribution in [0.15, 0.2) is 72.6 Å². The first kappa shape index (κ1) is 32.1. The molecular weight excluding hydrogens is 519 g/mol. The van der Waals surface area contributed by atoms with Crippen molar-refractivity contribution in [2.24, 2.45) is 5.92 Å². The number of aliphatic carboxylic acids is 1. The zero-order valence-corrected chi connectivity index (χ0v) is 24.7. The first-order valence-electron chi connectivity index (χ1n) is 15.1. The SMILES string of the molecule is CCCCCCCCCCOc1ccc(C2C=CC(C(=O)O)(c3ccccc3C(=O)OC[C@@H](C)CC)C(F)=C2)cc1. The van der Waals surface area contributed by atoms with Crippen molar-refractivity contribution >= 4 is 11.9 Å². The summed E-state index contributed by atoms with van der Waals surface area (Å²) < 4.78 is 27.2. The molecule has 0 heterocycles. The number of carbonyl (C=O) groups excluding carboxylic acids is 1. The van der Waals surface area contributed by atoms with Gasteiger partial charge in [0.1, 0.15) is 11.6 Å². The Balaban J connectivity index is 1.66. The maximum atomic E-state index is 15.9. The second-order valence-electron chi connectivity index (χ2n) is 11.1. The molecule has 0 aliphatic heterocycles. The van der Waals surface area contributed by atoms with E-state index in [0.717, 1.165) is 30.6 Å². The molecular formula is C35H45FO5. The van der Waals surface area contributed by atoms with Crippen LogP contribution in [0, 0.1) is 5.92 Å². The fourth-order valence-corrected chi connectivity index (χ4v) is 5.02. The molecule has 0 bridgehead atoms. The van der Waals surface area contributed by atoms with Crippen LogP contribution in [0.1, 0.15) is 106 Å². The molecule has 2 unspecified atom stereocenters. The maximum absolute atomic E-state index is 15.9. The molecule has 41 heavy (non-hydrogen) atoms. The van der Waals surface area contributed by atoms with Crippen LogP contribution in [0.25, 0.3) is 0 Å². The molecule has 2 aromatic carbocycles. The summed E-state index contributed by atoms with van der Waals surface area (Å²) in [5, 5.41) is 10.3. The largest absolute Gasteiger partial charge is 0.494 e. The molecule has 1 aliphatic carbocycles. The molecule has 2 aromatic rings. The number of hydrogen-bond acceptors (Lipinski definition) is 4. The summed E-state index contributed by atoms with van der Waals surface area (Å²) in [6.07, 6.45) is 15.1. The van der Waals surface area contributed by atoms with E-state index >= 15 is 4.39 Å². The van der Waals surface area contributed by atoms with Crippen LogP contribution in [0.2, 0.25) is 0 Å². The van der Waals surface area contributed by atoms with E-state index in [2.05, 4.69) is 6.92 Å². The van der Waals surface area contributed by atoms with Crippen molar-refractivity contribution in [2.45, 2.75) is 89.9 Å². The van der Waals surface area contributed by atoms with E-state index in [4.69, 9.17) is 9.47 Å². The molecule has 1 N–H and O–H groups in total. The molecule has 0 amide bonds. The Morgan fingerprint density at radius 2 is 1.61 bits per heavy atom.